The summed E-state index contributed by atoms with van der Waals surface area (Å²) in [5, 5.41) is 0. The van der Waals surface area contributed by atoms with Gasteiger partial charge < -0.3 is 9.64 Å². The van der Waals surface area contributed by atoms with E-state index in [1.165, 1.54) is 25.9 Å². The van der Waals surface area contributed by atoms with Crippen molar-refractivity contribution in [3.05, 3.63) is 11.6 Å². The van der Waals surface area contributed by atoms with Crippen molar-refractivity contribution in [2.45, 2.75) is 31.7 Å². The van der Waals surface area contributed by atoms with Gasteiger partial charge in [0, 0.05) is 49.4 Å². The number of ether oxygens (including phenoxy) is 1. The first kappa shape index (κ1) is 12.8. The maximum atomic E-state index is 5.89. The lowest BCUT2D eigenvalue weighted by molar-refractivity contribution is 0.138. The number of allylic oxidation sites excluding steroid dienone is 1. The van der Waals surface area contributed by atoms with Crippen molar-refractivity contribution in [3.8, 4) is 0 Å². The van der Waals surface area contributed by atoms with Crippen LogP contribution in [0, 0.1) is 0 Å². The van der Waals surface area contributed by atoms with Crippen LogP contribution in [0.25, 0.3) is 0 Å². The Kier molecular flexibility index (Phi) is 3.30. The minimum absolute atomic E-state index is 0.226. The summed E-state index contributed by atoms with van der Waals surface area (Å²) in [5.74, 6) is 2.05. The molecule has 1 saturated carbocycles. The van der Waals surface area contributed by atoms with Gasteiger partial charge in [-0.25, -0.2) is 4.40 Å². The normalized spacial score (nSPS) is 31.4. The second kappa shape index (κ2) is 5.15. The van der Waals surface area contributed by atoms with Gasteiger partial charge in [0.2, 0.25) is 0 Å². The predicted octanol–water partition coefficient (Wildman–Crippen LogP) is 1.55. The van der Waals surface area contributed by atoms with Gasteiger partial charge in [0.25, 0.3) is 0 Å². The zero-order valence-electron chi connectivity index (χ0n) is 12.0. The molecule has 0 bridgehead atoms. The van der Waals surface area contributed by atoms with E-state index in [4.69, 9.17) is 9.10 Å². The predicted molar refractivity (Wildman–Crippen MR) is 81.5 cm³/mol. The van der Waals surface area contributed by atoms with E-state index >= 15 is 0 Å². The highest BCUT2D eigenvalue weighted by atomic mass is 32.2. The molecule has 110 valence electrons. The van der Waals surface area contributed by atoms with Gasteiger partial charge in [0.15, 0.2) is 11.6 Å². The molecule has 0 aromatic rings. The fourth-order valence-corrected chi connectivity index (χ4v) is 4.16. The van der Waals surface area contributed by atoms with Crippen molar-refractivity contribution in [2.24, 2.45) is 8.76 Å². The smallest absolute Gasteiger partial charge is 0.184 e. The SMILES string of the molecule is CS1=NC(N2CCN(C3CC3)CC2)=C2OCCCC2=N1. The standard InChI is InChI=1S/C14H22N4OS/c1-20-15-12-3-2-10-19-13(12)14(16-20)18-8-6-17(7-9-18)11-4-5-11/h11H,2-10H2,1H3. The Balaban J connectivity index is 1.54. The highest BCUT2D eigenvalue weighted by Crippen LogP contribution is 2.30. The third-order valence-electron chi connectivity index (χ3n) is 4.41. The summed E-state index contributed by atoms with van der Waals surface area (Å²) in [5.41, 5.74) is 1.15. The molecule has 1 atom stereocenters. The molecule has 5 nitrogen and oxygen atoms in total. The number of nitrogens with zero attached hydrogens (tertiary/aromatic N) is 4. The van der Waals surface area contributed by atoms with Gasteiger partial charge >= 0.3 is 0 Å². The molecule has 1 unspecified atom stereocenters. The molecule has 1 aliphatic carbocycles. The molecule has 4 aliphatic rings. The second-order valence-electron chi connectivity index (χ2n) is 5.94. The summed E-state index contributed by atoms with van der Waals surface area (Å²) < 4.78 is 15.3. The first-order chi connectivity index (χ1) is 9.81. The molecule has 0 radical (unpaired) electrons. The van der Waals surface area contributed by atoms with Crippen LogP contribution >= 0.6 is 0 Å². The summed E-state index contributed by atoms with van der Waals surface area (Å²) in [6, 6.07) is 0.877. The molecule has 2 saturated heterocycles. The van der Waals surface area contributed by atoms with Gasteiger partial charge in [0.1, 0.15) is 0 Å². The first-order valence-corrected chi connectivity index (χ1v) is 9.18. The number of hydrogen-bond donors (Lipinski definition) is 0. The van der Waals surface area contributed by atoms with E-state index in [9.17, 15) is 0 Å². The van der Waals surface area contributed by atoms with Crippen LogP contribution in [0.5, 0.6) is 0 Å². The van der Waals surface area contributed by atoms with E-state index in [1.807, 2.05) is 0 Å². The molecular formula is C14H22N4OS. The summed E-state index contributed by atoms with van der Waals surface area (Å²) in [6.07, 6.45) is 7.03. The van der Waals surface area contributed by atoms with E-state index in [-0.39, 0.29) is 10.9 Å². The topological polar surface area (TPSA) is 40.4 Å². The van der Waals surface area contributed by atoms with E-state index in [0.29, 0.717) is 0 Å². The highest BCUT2D eigenvalue weighted by molar-refractivity contribution is 7.85. The molecule has 0 amide bonds. The molecule has 0 N–H and O–H groups in total. The molecule has 0 aromatic heterocycles. The summed E-state index contributed by atoms with van der Waals surface area (Å²) in [6.45, 7) is 5.30. The number of fused-ring (bicyclic) bond motifs is 1. The third-order valence-corrected chi connectivity index (χ3v) is 5.33. The molecule has 20 heavy (non-hydrogen) atoms. The average Bonchev–Trinajstić information content (AvgIpc) is 3.31. The fourth-order valence-electron chi connectivity index (χ4n) is 3.18. The number of rotatable bonds is 2. The summed E-state index contributed by atoms with van der Waals surface area (Å²) in [4.78, 5) is 5.05. The maximum Gasteiger partial charge on any atom is 0.184 e. The minimum atomic E-state index is -0.226. The van der Waals surface area contributed by atoms with Gasteiger partial charge in [-0.15, -0.1) is 0 Å². The first-order valence-electron chi connectivity index (χ1n) is 7.63. The van der Waals surface area contributed by atoms with Crippen LogP contribution < -0.4 is 0 Å². The monoisotopic (exact) mass is 294 g/mol. The van der Waals surface area contributed by atoms with Crippen LogP contribution in [-0.4, -0.2) is 60.6 Å². The Morgan fingerprint density at radius 2 is 2.00 bits per heavy atom. The molecule has 3 fully saturated rings. The summed E-state index contributed by atoms with van der Waals surface area (Å²) >= 11 is 0. The van der Waals surface area contributed by atoms with Crippen LogP contribution in [0.15, 0.2) is 20.3 Å². The Labute approximate surface area is 122 Å². The van der Waals surface area contributed by atoms with Crippen molar-refractivity contribution < 1.29 is 4.74 Å². The van der Waals surface area contributed by atoms with Crippen LogP contribution in [0.3, 0.4) is 0 Å². The Hall–Kier alpha value is -0.880. The van der Waals surface area contributed by atoms with Crippen LogP contribution in [0.2, 0.25) is 0 Å². The third kappa shape index (κ3) is 2.39. The van der Waals surface area contributed by atoms with Crippen LogP contribution in [0.4, 0.5) is 0 Å². The van der Waals surface area contributed by atoms with Gasteiger partial charge in [-0.05, 0) is 25.7 Å². The van der Waals surface area contributed by atoms with Crippen molar-refractivity contribution in [1.29, 1.82) is 0 Å². The molecule has 3 aliphatic heterocycles. The van der Waals surface area contributed by atoms with E-state index in [0.717, 1.165) is 55.9 Å². The molecule has 4 rings (SSSR count). The van der Waals surface area contributed by atoms with Crippen molar-refractivity contribution in [1.82, 2.24) is 9.80 Å². The average molecular weight is 294 g/mol. The maximum absolute atomic E-state index is 5.89. The molecule has 3 heterocycles. The summed E-state index contributed by atoms with van der Waals surface area (Å²) in [7, 11) is -0.226. The molecule has 0 spiro atoms. The minimum Gasteiger partial charge on any atom is -0.488 e. The van der Waals surface area contributed by atoms with Crippen LogP contribution in [-0.2, 0) is 15.6 Å². The van der Waals surface area contributed by atoms with Gasteiger partial charge in [0.05, 0.1) is 12.3 Å². The van der Waals surface area contributed by atoms with Crippen molar-refractivity contribution >= 4 is 16.6 Å². The number of hydrogen-bond acceptors (Lipinski definition) is 5. The zero-order chi connectivity index (χ0) is 13.5. The quantitative estimate of drug-likeness (QED) is 0.776. The molecular weight excluding hydrogens is 272 g/mol. The second-order valence-corrected chi connectivity index (χ2v) is 7.19. The van der Waals surface area contributed by atoms with Crippen molar-refractivity contribution in [2.75, 3.05) is 39.0 Å². The molecule has 6 heteroatoms. The lowest BCUT2D eigenvalue weighted by atomic mass is 10.1. The van der Waals surface area contributed by atoms with Crippen molar-refractivity contribution in [3.63, 3.8) is 0 Å². The van der Waals surface area contributed by atoms with Gasteiger partial charge in [-0.3, -0.25) is 4.90 Å². The van der Waals surface area contributed by atoms with E-state index in [2.05, 4.69) is 20.5 Å². The number of piperazine rings is 1. The van der Waals surface area contributed by atoms with Crippen LogP contribution in [0.1, 0.15) is 25.7 Å². The Morgan fingerprint density at radius 1 is 1.20 bits per heavy atom. The van der Waals surface area contributed by atoms with Gasteiger partial charge in [-0.2, -0.15) is 4.36 Å². The lowest BCUT2D eigenvalue weighted by Gasteiger charge is -2.37. The Morgan fingerprint density at radius 3 is 2.75 bits per heavy atom. The zero-order valence-corrected chi connectivity index (χ0v) is 12.9. The van der Waals surface area contributed by atoms with Gasteiger partial charge in [-0.1, -0.05) is 0 Å². The lowest BCUT2D eigenvalue weighted by Crippen LogP contribution is -2.47. The highest BCUT2D eigenvalue weighted by Gasteiger charge is 2.33. The Bertz CT molecular complexity index is 501. The van der Waals surface area contributed by atoms with E-state index in [1.54, 1.807) is 0 Å². The largest absolute Gasteiger partial charge is 0.488 e. The molecule has 0 aromatic carbocycles. The van der Waals surface area contributed by atoms with E-state index < -0.39 is 0 Å². The fraction of sp³-hybridized carbons (Fsp3) is 0.786.